The van der Waals surface area contributed by atoms with Crippen LogP contribution >= 0.6 is 0 Å². The van der Waals surface area contributed by atoms with E-state index in [2.05, 4.69) is 0 Å². The number of benzene rings is 3. The molecule has 0 bridgehead atoms. The number of anilines is 1. The van der Waals surface area contributed by atoms with Crippen molar-refractivity contribution < 1.29 is 40.6 Å². The van der Waals surface area contributed by atoms with E-state index < -0.39 is 42.9 Å². The van der Waals surface area contributed by atoms with Crippen molar-refractivity contribution in [2.45, 2.75) is 38.8 Å². The molecule has 35 heavy (non-hydrogen) atoms. The van der Waals surface area contributed by atoms with Gasteiger partial charge < -0.3 is 14.7 Å². The molecule has 0 aromatic heterocycles. The van der Waals surface area contributed by atoms with Gasteiger partial charge in [-0.3, -0.25) is 0 Å². The number of nitrogens with zero attached hydrogens (tertiary/aromatic N) is 1. The van der Waals surface area contributed by atoms with Crippen LogP contribution in [0.5, 0.6) is 11.5 Å². The lowest BCUT2D eigenvalue weighted by atomic mass is 10.1. The molecule has 188 valence electrons. The van der Waals surface area contributed by atoms with Gasteiger partial charge in [0.2, 0.25) is 0 Å². The van der Waals surface area contributed by atoms with Crippen molar-refractivity contribution in [1.29, 1.82) is 0 Å². The second-order valence-electron chi connectivity index (χ2n) is 8.16. The summed E-state index contributed by atoms with van der Waals surface area (Å²) in [6.45, 7) is 2.24. The van der Waals surface area contributed by atoms with Gasteiger partial charge in [0.1, 0.15) is 17.3 Å². The highest BCUT2D eigenvalue weighted by molar-refractivity contribution is 5.52. The van der Waals surface area contributed by atoms with Crippen LogP contribution in [0.4, 0.5) is 36.4 Å². The number of aryl methyl sites for hydroxylation is 2. The maximum atomic E-state index is 14.4. The number of aliphatic hydroxyl groups is 1. The van der Waals surface area contributed by atoms with Crippen LogP contribution in [0.25, 0.3) is 0 Å². The molecule has 3 rings (SSSR count). The maximum absolute atomic E-state index is 14.4. The molecule has 3 aromatic rings. The summed E-state index contributed by atoms with van der Waals surface area (Å²) in [6, 6.07) is 13.2. The van der Waals surface area contributed by atoms with E-state index in [4.69, 9.17) is 4.74 Å². The van der Waals surface area contributed by atoms with Crippen molar-refractivity contribution in [3.63, 3.8) is 0 Å². The molecule has 3 nitrogen and oxygen atoms in total. The average Bonchev–Trinajstić information content (AvgIpc) is 2.72. The lowest BCUT2D eigenvalue weighted by molar-refractivity contribution is -0.200. The van der Waals surface area contributed by atoms with Crippen LogP contribution in [-0.4, -0.2) is 23.9 Å². The topological polar surface area (TPSA) is 32.7 Å². The Hall–Kier alpha value is -3.27. The first-order chi connectivity index (χ1) is 16.2. The summed E-state index contributed by atoms with van der Waals surface area (Å²) in [4.78, 5) is 1.03. The minimum absolute atomic E-state index is 0.148. The summed E-state index contributed by atoms with van der Waals surface area (Å²) >= 11 is 0. The molecule has 0 amide bonds. The molecule has 3 aromatic carbocycles. The van der Waals surface area contributed by atoms with Crippen molar-refractivity contribution in [3.05, 3.63) is 88.7 Å². The minimum atomic E-state index is -4.95. The Morgan fingerprint density at radius 1 is 0.857 bits per heavy atom. The molecule has 0 spiro atoms. The molecule has 0 saturated carbocycles. The highest BCUT2D eigenvalue weighted by atomic mass is 19.4. The van der Waals surface area contributed by atoms with Crippen molar-refractivity contribution in [2.24, 2.45) is 0 Å². The Morgan fingerprint density at radius 2 is 1.51 bits per heavy atom. The van der Waals surface area contributed by atoms with Gasteiger partial charge in [-0.2, -0.15) is 26.3 Å². The molecular formula is C25H22F7NO2. The van der Waals surface area contributed by atoms with Gasteiger partial charge in [0.15, 0.2) is 6.10 Å². The molecule has 0 fully saturated rings. The number of halogens is 7. The normalized spacial score (nSPS) is 13.0. The van der Waals surface area contributed by atoms with Crippen LogP contribution in [0.15, 0.2) is 60.7 Å². The molecule has 10 heteroatoms. The number of hydrogen-bond acceptors (Lipinski definition) is 3. The highest BCUT2D eigenvalue weighted by Gasteiger charge is 2.39. The lowest BCUT2D eigenvalue weighted by Crippen LogP contribution is -2.41. The Bertz CT molecular complexity index is 1150. The van der Waals surface area contributed by atoms with E-state index in [1.54, 1.807) is 18.2 Å². The van der Waals surface area contributed by atoms with Crippen LogP contribution in [0.1, 0.15) is 22.3 Å². The van der Waals surface area contributed by atoms with Gasteiger partial charge in [0, 0.05) is 23.9 Å². The molecule has 0 aliphatic carbocycles. The van der Waals surface area contributed by atoms with E-state index in [-0.39, 0.29) is 23.1 Å². The fraction of sp³-hybridized carbons (Fsp3) is 0.280. The molecule has 0 saturated heterocycles. The zero-order valence-corrected chi connectivity index (χ0v) is 18.7. The van der Waals surface area contributed by atoms with Gasteiger partial charge in [0.05, 0.1) is 12.1 Å². The third-order valence-electron chi connectivity index (χ3n) is 5.13. The molecule has 0 radical (unpaired) electrons. The smallest absolute Gasteiger partial charge is 0.416 e. The lowest BCUT2D eigenvalue weighted by Gasteiger charge is -2.29. The average molecular weight is 501 g/mol. The molecule has 0 heterocycles. The van der Waals surface area contributed by atoms with Gasteiger partial charge in [-0.1, -0.05) is 18.2 Å². The summed E-state index contributed by atoms with van der Waals surface area (Å²) in [5.41, 5.74) is 0.527. The number of hydrogen-bond donors (Lipinski definition) is 1. The molecule has 0 aliphatic heterocycles. The quantitative estimate of drug-likeness (QED) is 0.348. The van der Waals surface area contributed by atoms with Crippen LogP contribution in [-0.2, 0) is 12.7 Å². The number of ether oxygens (including phenoxy) is 1. The van der Waals surface area contributed by atoms with Crippen molar-refractivity contribution in [2.75, 3.05) is 11.4 Å². The Labute approximate surface area is 197 Å². The predicted molar refractivity (Wildman–Crippen MR) is 117 cm³/mol. The number of aliphatic hydroxyl groups excluding tert-OH is 1. The summed E-state index contributed by atoms with van der Waals surface area (Å²) in [5.74, 6) is -0.462. The highest BCUT2D eigenvalue weighted by Crippen LogP contribution is 2.33. The fourth-order valence-corrected chi connectivity index (χ4v) is 3.50. The molecule has 1 atom stereocenters. The predicted octanol–water partition coefficient (Wildman–Crippen LogP) is 7.18. The van der Waals surface area contributed by atoms with Crippen LogP contribution in [0.3, 0.4) is 0 Å². The standard InChI is InChI=1S/C25H22F7NO2/c1-15-8-16(2)10-21(9-15)35-20-5-3-4-19(12-20)33(14-23(34)25(30,31)32)13-17-6-7-18(11-22(17)26)24(27,28)29/h3-12,23,34H,13-14H2,1-2H3. The van der Waals surface area contributed by atoms with Crippen LogP contribution < -0.4 is 9.64 Å². The van der Waals surface area contributed by atoms with Crippen molar-refractivity contribution in [1.82, 2.24) is 0 Å². The summed E-state index contributed by atoms with van der Waals surface area (Å²) < 4.78 is 98.0. The Morgan fingerprint density at radius 3 is 2.09 bits per heavy atom. The van der Waals surface area contributed by atoms with E-state index in [1.807, 2.05) is 19.9 Å². The SMILES string of the molecule is Cc1cc(C)cc(Oc2cccc(N(Cc3ccc(C(F)(F)F)cc3F)CC(O)C(F)(F)F)c2)c1. The van der Waals surface area contributed by atoms with E-state index in [1.165, 1.54) is 18.2 Å². The Balaban J connectivity index is 1.93. The van der Waals surface area contributed by atoms with Crippen molar-refractivity contribution in [3.8, 4) is 11.5 Å². The zero-order chi connectivity index (χ0) is 26.0. The van der Waals surface area contributed by atoms with E-state index in [0.29, 0.717) is 11.8 Å². The van der Waals surface area contributed by atoms with Crippen molar-refractivity contribution >= 4 is 5.69 Å². The Kier molecular flexibility index (Phi) is 7.64. The van der Waals surface area contributed by atoms with Gasteiger partial charge in [-0.25, -0.2) is 4.39 Å². The molecule has 1 unspecified atom stereocenters. The van der Waals surface area contributed by atoms with Gasteiger partial charge in [0.25, 0.3) is 0 Å². The second kappa shape index (κ2) is 10.2. The maximum Gasteiger partial charge on any atom is 0.416 e. The fourth-order valence-electron chi connectivity index (χ4n) is 3.50. The first-order valence-electron chi connectivity index (χ1n) is 10.4. The largest absolute Gasteiger partial charge is 0.457 e. The number of rotatable bonds is 7. The minimum Gasteiger partial charge on any atom is -0.457 e. The van der Waals surface area contributed by atoms with Gasteiger partial charge in [-0.15, -0.1) is 0 Å². The summed E-state index contributed by atoms with van der Waals surface area (Å²) in [7, 11) is 0. The van der Waals surface area contributed by atoms with E-state index in [9.17, 15) is 35.8 Å². The monoisotopic (exact) mass is 501 g/mol. The van der Waals surface area contributed by atoms with Gasteiger partial charge >= 0.3 is 12.4 Å². The summed E-state index contributed by atoms with van der Waals surface area (Å²) in [5, 5.41) is 9.64. The number of alkyl halides is 6. The van der Waals surface area contributed by atoms with Gasteiger partial charge in [-0.05, 0) is 61.4 Å². The molecular weight excluding hydrogens is 479 g/mol. The zero-order valence-electron chi connectivity index (χ0n) is 18.7. The first-order valence-corrected chi connectivity index (χ1v) is 10.4. The third-order valence-corrected chi connectivity index (χ3v) is 5.13. The second-order valence-corrected chi connectivity index (χ2v) is 8.16. The first kappa shape index (κ1) is 26.3. The van der Waals surface area contributed by atoms with E-state index >= 15 is 0 Å². The molecule has 1 N–H and O–H groups in total. The summed E-state index contributed by atoms with van der Waals surface area (Å²) in [6.07, 6.45) is -12.5. The van der Waals surface area contributed by atoms with Crippen LogP contribution in [0.2, 0.25) is 0 Å². The third kappa shape index (κ3) is 7.11. The van der Waals surface area contributed by atoms with Crippen LogP contribution in [0, 0.1) is 19.7 Å². The van der Waals surface area contributed by atoms with E-state index in [0.717, 1.165) is 22.1 Å². The molecule has 0 aliphatic rings.